The van der Waals surface area contributed by atoms with Gasteiger partial charge in [-0.1, -0.05) is 18.2 Å². The SMILES string of the molecule is Cc1ccc(-c2ccc(O)c3c2C[C@H]2C[C@H]4[C@@H](N(C)C)C(=O)C(C(N)=O)=C(O)[C@@]4(O)C(=O)C2=C3O)cc1N. The van der Waals surface area contributed by atoms with Gasteiger partial charge in [0.25, 0.3) is 5.91 Å². The number of carbonyl (C=O) groups excluding carboxylic acids is 3. The zero-order valence-electron chi connectivity index (χ0n) is 21.1. The van der Waals surface area contributed by atoms with Crippen molar-refractivity contribution >= 4 is 28.9 Å². The molecule has 0 spiro atoms. The molecule has 2 aromatic carbocycles. The lowest BCUT2D eigenvalue weighted by Crippen LogP contribution is -2.65. The number of Topliss-reactive ketones (excluding diaryl/α,β-unsaturated/α-hetero) is 2. The molecule has 8 N–H and O–H groups in total. The molecule has 1 amide bonds. The topological polar surface area (TPSA) is 187 Å². The van der Waals surface area contributed by atoms with E-state index in [9.17, 15) is 34.8 Å². The fourth-order valence-corrected chi connectivity index (χ4v) is 6.32. The zero-order valence-corrected chi connectivity index (χ0v) is 21.1. The summed E-state index contributed by atoms with van der Waals surface area (Å²) in [6.07, 6.45) is 0.225. The van der Waals surface area contributed by atoms with Gasteiger partial charge in [0, 0.05) is 17.2 Å². The number of likely N-dealkylation sites (N-methyl/N-ethyl adjacent to an activating group) is 1. The molecule has 3 aliphatic rings. The fraction of sp³-hybridized carbons (Fsp3) is 0.321. The van der Waals surface area contributed by atoms with E-state index in [0.29, 0.717) is 16.8 Å². The second-order valence-electron chi connectivity index (χ2n) is 10.5. The maximum absolute atomic E-state index is 13.9. The van der Waals surface area contributed by atoms with Crippen LogP contribution in [0.5, 0.6) is 5.75 Å². The van der Waals surface area contributed by atoms with Gasteiger partial charge in [-0.2, -0.15) is 0 Å². The maximum Gasteiger partial charge on any atom is 0.255 e. The smallest absolute Gasteiger partial charge is 0.255 e. The van der Waals surface area contributed by atoms with Crippen LogP contribution in [0.4, 0.5) is 5.69 Å². The summed E-state index contributed by atoms with van der Waals surface area (Å²) in [6.45, 7) is 1.88. The van der Waals surface area contributed by atoms with Crippen molar-refractivity contribution in [3.8, 4) is 16.9 Å². The van der Waals surface area contributed by atoms with Gasteiger partial charge in [-0.05, 0) is 74.2 Å². The summed E-state index contributed by atoms with van der Waals surface area (Å²) < 4.78 is 0. The monoisotopic (exact) mass is 519 g/mol. The maximum atomic E-state index is 13.9. The van der Waals surface area contributed by atoms with Gasteiger partial charge in [0.15, 0.2) is 11.4 Å². The third-order valence-corrected chi connectivity index (χ3v) is 8.19. The Morgan fingerprint density at radius 1 is 1.11 bits per heavy atom. The number of hydrogen-bond acceptors (Lipinski definition) is 9. The van der Waals surface area contributed by atoms with Crippen LogP contribution in [-0.2, 0) is 20.8 Å². The number of phenols is 1. The van der Waals surface area contributed by atoms with E-state index in [-0.39, 0.29) is 29.7 Å². The van der Waals surface area contributed by atoms with Crippen LogP contribution in [0.2, 0.25) is 0 Å². The largest absolute Gasteiger partial charge is 0.508 e. The van der Waals surface area contributed by atoms with Crippen LogP contribution >= 0.6 is 0 Å². The van der Waals surface area contributed by atoms with Crippen molar-refractivity contribution in [1.29, 1.82) is 0 Å². The highest BCUT2D eigenvalue weighted by Crippen LogP contribution is 2.53. The number of benzene rings is 2. The lowest BCUT2D eigenvalue weighted by Gasteiger charge is -2.50. The number of anilines is 1. The van der Waals surface area contributed by atoms with Crippen LogP contribution in [0.3, 0.4) is 0 Å². The summed E-state index contributed by atoms with van der Waals surface area (Å²) in [5.41, 5.74) is 11.3. The van der Waals surface area contributed by atoms with Gasteiger partial charge in [-0.3, -0.25) is 19.3 Å². The fourth-order valence-electron chi connectivity index (χ4n) is 6.32. The van der Waals surface area contributed by atoms with Crippen LogP contribution in [0.1, 0.15) is 23.1 Å². The standard InChI is InChI=1S/C28H29N3O7/c1-11-4-5-12(10-17(11)29)14-6-7-18(32)20-15(14)8-13-9-16-22(31(2)3)24(34)21(27(30)37)26(36)28(16,38)25(35)19(13)23(20)33/h4-7,10,13,16,22,32-33,36,38H,8-9,29H2,1-3H3,(H2,30,37)/t13-,16-,22+,28-/m0/s1. The molecule has 1 saturated carbocycles. The number of nitrogens with zero attached hydrogens (tertiary/aromatic N) is 1. The molecule has 0 aromatic heterocycles. The number of aliphatic hydroxyl groups excluding tert-OH is 2. The normalized spacial score (nSPS) is 26.8. The lowest BCUT2D eigenvalue weighted by atomic mass is 9.57. The van der Waals surface area contributed by atoms with Crippen molar-refractivity contribution in [2.45, 2.75) is 31.4 Å². The average Bonchev–Trinajstić information content (AvgIpc) is 2.83. The molecular formula is C28H29N3O7. The predicted molar refractivity (Wildman–Crippen MR) is 139 cm³/mol. The summed E-state index contributed by atoms with van der Waals surface area (Å²) in [4.78, 5) is 40.6. The molecule has 1 fully saturated rings. The Bertz CT molecular complexity index is 1510. The van der Waals surface area contributed by atoms with E-state index in [2.05, 4.69) is 0 Å². The number of hydrogen-bond donors (Lipinski definition) is 6. The molecule has 0 radical (unpaired) electrons. The zero-order chi connectivity index (χ0) is 27.8. The van der Waals surface area contributed by atoms with Gasteiger partial charge in [0.1, 0.15) is 22.8 Å². The molecule has 0 saturated heterocycles. The first-order valence-corrected chi connectivity index (χ1v) is 12.2. The molecule has 0 bridgehead atoms. The van der Waals surface area contributed by atoms with E-state index in [1.165, 1.54) is 11.0 Å². The Balaban J connectivity index is 1.74. The highest BCUT2D eigenvalue weighted by atomic mass is 16.3. The Kier molecular flexibility index (Phi) is 5.66. The first-order chi connectivity index (χ1) is 17.8. The van der Waals surface area contributed by atoms with E-state index >= 15 is 0 Å². The van der Waals surface area contributed by atoms with E-state index in [1.54, 1.807) is 26.2 Å². The molecule has 0 aliphatic heterocycles. The number of aliphatic hydroxyl groups is 3. The molecule has 0 unspecified atom stereocenters. The van der Waals surface area contributed by atoms with Crippen LogP contribution in [-0.4, -0.2) is 68.5 Å². The van der Waals surface area contributed by atoms with Gasteiger partial charge >= 0.3 is 0 Å². The van der Waals surface area contributed by atoms with E-state index in [1.807, 2.05) is 19.1 Å². The van der Waals surface area contributed by atoms with Crippen LogP contribution < -0.4 is 11.5 Å². The second kappa shape index (κ2) is 8.44. The number of phenolic OH excluding ortho intramolecular Hbond substituents is 1. The minimum Gasteiger partial charge on any atom is -0.508 e. The minimum absolute atomic E-state index is 0.0247. The van der Waals surface area contributed by atoms with Crippen LogP contribution in [0.25, 0.3) is 16.9 Å². The summed E-state index contributed by atoms with van der Waals surface area (Å²) in [7, 11) is 3.12. The molecule has 5 rings (SSSR count). The van der Waals surface area contributed by atoms with Gasteiger partial charge in [0.2, 0.25) is 5.78 Å². The van der Waals surface area contributed by atoms with Gasteiger partial charge in [-0.15, -0.1) is 0 Å². The average molecular weight is 520 g/mol. The van der Waals surface area contributed by atoms with Crippen molar-refractivity contribution in [2.75, 3.05) is 19.8 Å². The third kappa shape index (κ3) is 3.30. The number of rotatable bonds is 3. The number of nitrogens with two attached hydrogens (primary N) is 2. The summed E-state index contributed by atoms with van der Waals surface area (Å²) in [5, 5.41) is 44.7. The number of aryl methyl sites for hydroxylation is 1. The van der Waals surface area contributed by atoms with Crippen molar-refractivity contribution in [1.82, 2.24) is 4.90 Å². The number of fused-ring (bicyclic) bond motifs is 3. The molecule has 2 aromatic rings. The predicted octanol–water partition coefficient (Wildman–Crippen LogP) is 1.52. The number of primary amides is 1. The lowest BCUT2D eigenvalue weighted by molar-refractivity contribution is -0.153. The number of ketones is 2. The van der Waals surface area contributed by atoms with Crippen molar-refractivity contribution in [2.24, 2.45) is 17.6 Å². The quantitative estimate of drug-likeness (QED) is 0.258. The Labute approximate surface area is 218 Å². The Hall–Kier alpha value is -4.15. The number of carbonyl (C=O) groups is 3. The Morgan fingerprint density at radius 3 is 2.39 bits per heavy atom. The molecular weight excluding hydrogens is 490 g/mol. The van der Waals surface area contributed by atoms with Crippen molar-refractivity contribution in [3.05, 3.63) is 63.9 Å². The molecule has 0 heterocycles. The second-order valence-corrected chi connectivity index (χ2v) is 10.5. The van der Waals surface area contributed by atoms with Crippen molar-refractivity contribution in [3.63, 3.8) is 0 Å². The van der Waals surface area contributed by atoms with E-state index < -0.39 is 58.0 Å². The van der Waals surface area contributed by atoms with Crippen LogP contribution in [0, 0.1) is 18.8 Å². The van der Waals surface area contributed by atoms with Crippen LogP contribution in [0.15, 0.2) is 47.2 Å². The first-order valence-electron chi connectivity index (χ1n) is 12.2. The molecule has 10 heteroatoms. The Morgan fingerprint density at radius 2 is 1.79 bits per heavy atom. The summed E-state index contributed by atoms with van der Waals surface area (Å²) >= 11 is 0. The van der Waals surface area contributed by atoms with Gasteiger partial charge in [-0.25, -0.2) is 0 Å². The highest BCUT2D eigenvalue weighted by Gasteiger charge is 2.64. The van der Waals surface area contributed by atoms with Gasteiger partial charge < -0.3 is 31.9 Å². The summed E-state index contributed by atoms with van der Waals surface area (Å²) in [6, 6.07) is 7.50. The van der Waals surface area contributed by atoms with E-state index in [4.69, 9.17) is 11.5 Å². The van der Waals surface area contributed by atoms with Gasteiger partial charge in [0.05, 0.1) is 11.6 Å². The molecule has 198 valence electrons. The molecule has 10 nitrogen and oxygen atoms in total. The number of nitrogen functional groups attached to an aromatic ring is 1. The third-order valence-electron chi connectivity index (χ3n) is 8.19. The number of aromatic hydroxyl groups is 1. The molecule has 3 aliphatic carbocycles. The first kappa shape index (κ1) is 25.5. The highest BCUT2D eigenvalue weighted by molar-refractivity contribution is 6.24. The molecule has 4 atom stereocenters. The minimum atomic E-state index is -2.66. The van der Waals surface area contributed by atoms with E-state index in [0.717, 1.165) is 11.1 Å². The number of amides is 1. The van der Waals surface area contributed by atoms with Crippen molar-refractivity contribution < 1.29 is 34.8 Å². The molecule has 38 heavy (non-hydrogen) atoms. The summed E-state index contributed by atoms with van der Waals surface area (Å²) in [5.74, 6) is -6.78.